The summed E-state index contributed by atoms with van der Waals surface area (Å²) in [5.74, 6) is 0.495. The van der Waals surface area contributed by atoms with Gasteiger partial charge in [-0.3, -0.25) is 4.79 Å². The van der Waals surface area contributed by atoms with Gasteiger partial charge >= 0.3 is 0 Å². The van der Waals surface area contributed by atoms with Gasteiger partial charge in [0.2, 0.25) is 15.9 Å². The largest absolute Gasteiger partial charge is 0.497 e. The summed E-state index contributed by atoms with van der Waals surface area (Å²) in [7, 11) is -1.74. The third-order valence-electron chi connectivity index (χ3n) is 3.52. The number of hydrogen-bond donors (Lipinski definition) is 1. The van der Waals surface area contributed by atoms with Crippen LogP contribution in [-0.2, 0) is 27.8 Å². The van der Waals surface area contributed by atoms with E-state index in [-0.39, 0.29) is 18.2 Å². The molecule has 1 aromatic rings. The van der Waals surface area contributed by atoms with E-state index in [0.29, 0.717) is 19.5 Å². The van der Waals surface area contributed by atoms with Gasteiger partial charge in [0.15, 0.2) is 0 Å². The molecule has 0 atom stereocenters. The molecule has 2 rings (SSSR count). The lowest BCUT2D eigenvalue weighted by Crippen LogP contribution is -2.40. The summed E-state index contributed by atoms with van der Waals surface area (Å²) in [4.78, 5) is 10.8. The molecule has 0 unspecified atom stereocenters. The molecule has 0 saturated heterocycles. The predicted molar refractivity (Wildman–Crippen MR) is 79.6 cm³/mol. The van der Waals surface area contributed by atoms with Gasteiger partial charge in [-0.2, -0.15) is 4.31 Å². The van der Waals surface area contributed by atoms with E-state index in [1.165, 1.54) is 11.2 Å². The summed E-state index contributed by atoms with van der Waals surface area (Å²) in [5, 5.41) is 2.51. The fourth-order valence-corrected chi connectivity index (χ4v) is 3.68. The second-order valence-electron chi connectivity index (χ2n) is 5.02. The maximum absolute atomic E-state index is 12.2. The number of fused-ring (bicyclic) bond motifs is 1. The second kappa shape index (κ2) is 6.44. The van der Waals surface area contributed by atoms with Crippen LogP contribution in [0.25, 0.3) is 0 Å². The lowest BCUT2D eigenvalue weighted by molar-refractivity contribution is -0.118. The summed E-state index contributed by atoms with van der Waals surface area (Å²) >= 11 is 0. The average Bonchev–Trinajstić information content (AvgIpc) is 2.45. The van der Waals surface area contributed by atoms with Crippen LogP contribution in [0.3, 0.4) is 0 Å². The van der Waals surface area contributed by atoms with Crippen molar-refractivity contribution in [1.82, 2.24) is 9.62 Å². The zero-order valence-electron chi connectivity index (χ0n) is 12.3. The van der Waals surface area contributed by atoms with Gasteiger partial charge in [0, 0.05) is 26.6 Å². The topological polar surface area (TPSA) is 75.7 Å². The molecule has 1 aliphatic heterocycles. The number of carbonyl (C=O) groups is 1. The standard InChI is InChI=1S/C14H20N2O4S/c1-11(17)15-6-8-21(18,19)16-7-5-12-9-14(20-2)4-3-13(12)10-16/h3-4,9H,5-8,10H2,1-2H3,(H,15,17). The molecule has 21 heavy (non-hydrogen) atoms. The molecule has 0 radical (unpaired) electrons. The van der Waals surface area contributed by atoms with Crippen molar-refractivity contribution in [2.45, 2.75) is 19.9 Å². The van der Waals surface area contributed by atoms with Crippen LogP contribution >= 0.6 is 0 Å². The summed E-state index contributed by atoms with van der Waals surface area (Å²) in [6, 6.07) is 5.70. The van der Waals surface area contributed by atoms with Gasteiger partial charge in [0.05, 0.1) is 12.9 Å². The Kier molecular flexibility index (Phi) is 4.84. The van der Waals surface area contributed by atoms with Gasteiger partial charge in [0.25, 0.3) is 0 Å². The smallest absolute Gasteiger partial charge is 0.216 e. The normalized spacial score (nSPS) is 15.3. The fraction of sp³-hybridized carbons (Fsp3) is 0.500. The molecule has 116 valence electrons. The number of methoxy groups -OCH3 is 1. The Morgan fingerprint density at radius 2 is 2.14 bits per heavy atom. The number of sulfonamides is 1. The van der Waals surface area contributed by atoms with E-state index in [1.54, 1.807) is 7.11 Å². The molecule has 0 saturated carbocycles. The molecular weight excluding hydrogens is 292 g/mol. The minimum absolute atomic E-state index is 0.0714. The number of nitrogens with one attached hydrogen (secondary N) is 1. The van der Waals surface area contributed by atoms with Crippen molar-refractivity contribution >= 4 is 15.9 Å². The number of nitrogens with zero attached hydrogens (tertiary/aromatic N) is 1. The molecular formula is C14H20N2O4S. The van der Waals surface area contributed by atoms with Crippen LogP contribution in [0.15, 0.2) is 18.2 Å². The molecule has 1 amide bonds. The minimum atomic E-state index is -3.35. The maximum atomic E-state index is 12.2. The van der Waals surface area contributed by atoms with Crippen LogP contribution in [0.2, 0.25) is 0 Å². The molecule has 0 aliphatic carbocycles. The molecule has 1 heterocycles. The van der Waals surface area contributed by atoms with E-state index in [0.717, 1.165) is 16.9 Å². The van der Waals surface area contributed by atoms with Crippen molar-refractivity contribution in [3.63, 3.8) is 0 Å². The Morgan fingerprint density at radius 3 is 2.81 bits per heavy atom. The number of rotatable bonds is 5. The summed E-state index contributed by atoms with van der Waals surface area (Å²) < 4.78 is 31.2. The summed E-state index contributed by atoms with van der Waals surface area (Å²) in [5.41, 5.74) is 2.13. The highest BCUT2D eigenvalue weighted by Gasteiger charge is 2.26. The van der Waals surface area contributed by atoms with Gasteiger partial charge in [-0.15, -0.1) is 0 Å². The van der Waals surface area contributed by atoms with Crippen LogP contribution in [0.4, 0.5) is 0 Å². The number of ether oxygens (including phenoxy) is 1. The van der Waals surface area contributed by atoms with Gasteiger partial charge in [-0.25, -0.2) is 8.42 Å². The van der Waals surface area contributed by atoms with E-state index in [2.05, 4.69) is 5.32 Å². The molecule has 0 aromatic heterocycles. The third-order valence-corrected chi connectivity index (χ3v) is 5.34. The SMILES string of the molecule is COc1ccc2c(c1)CCN(S(=O)(=O)CCNC(C)=O)C2. The summed E-state index contributed by atoms with van der Waals surface area (Å²) in [6.45, 7) is 2.35. The minimum Gasteiger partial charge on any atom is -0.497 e. The average molecular weight is 312 g/mol. The van der Waals surface area contributed by atoms with E-state index in [4.69, 9.17) is 4.74 Å². The number of hydrogen-bond acceptors (Lipinski definition) is 4. The summed E-state index contributed by atoms with van der Waals surface area (Å²) in [6.07, 6.45) is 0.673. The van der Waals surface area contributed by atoms with Crippen LogP contribution in [0.5, 0.6) is 5.75 Å². The number of carbonyl (C=O) groups excluding carboxylic acids is 1. The molecule has 7 heteroatoms. The van der Waals surface area contributed by atoms with Crippen molar-refractivity contribution in [3.05, 3.63) is 29.3 Å². The molecule has 1 aliphatic rings. The third kappa shape index (κ3) is 3.95. The van der Waals surface area contributed by atoms with Gasteiger partial charge < -0.3 is 10.1 Å². The zero-order valence-corrected chi connectivity index (χ0v) is 13.1. The highest BCUT2D eigenvalue weighted by Crippen LogP contribution is 2.25. The first-order valence-corrected chi connectivity index (χ1v) is 8.41. The molecule has 0 fully saturated rings. The van der Waals surface area contributed by atoms with E-state index < -0.39 is 10.0 Å². The lowest BCUT2D eigenvalue weighted by Gasteiger charge is -2.28. The maximum Gasteiger partial charge on any atom is 0.216 e. The van der Waals surface area contributed by atoms with Crippen molar-refractivity contribution in [1.29, 1.82) is 0 Å². The Labute approximate surface area is 125 Å². The number of benzene rings is 1. The quantitative estimate of drug-likeness (QED) is 0.860. The second-order valence-corrected chi connectivity index (χ2v) is 7.11. The van der Waals surface area contributed by atoms with Crippen molar-refractivity contribution < 1.29 is 17.9 Å². The Bertz CT molecular complexity index is 628. The van der Waals surface area contributed by atoms with Crippen LogP contribution in [-0.4, -0.2) is 44.6 Å². The molecule has 0 spiro atoms. The van der Waals surface area contributed by atoms with Gasteiger partial charge in [-0.1, -0.05) is 6.07 Å². The Morgan fingerprint density at radius 1 is 1.38 bits per heavy atom. The van der Waals surface area contributed by atoms with Gasteiger partial charge in [0.1, 0.15) is 5.75 Å². The highest BCUT2D eigenvalue weighted by molar-refractivity contribution is 7.89. The Hall–Kier alpha value is -1.60. The van der Waals surface area contributed by atoms with Crippen LogP contribution < -0.4 is 10.1 Å². The van der Waals surface area contributed by atoms with Crippen LogP contribution in [0.1, 0.15) is 18.1 Å². The molecule has 1 N–H and O–H groups in total. The predicted octanol–water partition coefficient (Wildman–Crippen LogP) is 0.519. The highest BCUT2D eigenvalue weighted by atomic mass is 32.2. The van der Waals surface area contributed by atoms with Gasteiger partial charge in [-0.05, 0) is 29.7 Å². The fourth-order valence-electron chi connectivity index (χ4n) is 2.35. The first-order valence-electron chi connectivity index (χ1n) is 6.80. The van der Waals surface area contributed by atoms with Crippen molar-refractivity contribution in [2.75, 3.05) is 26.0 Å². The monoisotopic (exact) mass is 312 g/mol. The van der Waals surface area contributed by atoms with Crippen molar-refractivity contribution in [2.24, 2.45) is 0 Å². The first kappa shape index (κ1) is 15.8. The molecule has 1 aromatic carbocycles. The van der Waals surface area contributed by atoms with E-state index >= 15 is 0 Å². The molecule has 0 bridgehead atoms. The Balaban J connectivity index is 2.04. The number of amides is 1. The van der Waals surface area contributed by atoms with E-state index in [9.17, 15) is 13.2 Å². The molecule has 6 nitrogen and oxygen atoms in total. The zero-order chi connectivity index (χ0) is 15.5. The van der Waals surface area contributed by atoms with Crippen LogP contribution in [0, 0.1) is 0 Å². The first-order chi connectivity index (χ1) is 9.92. The van der Waals surface area contributed by atoms with E-state index in [1.807, 2.05) is 18.2 Å². The lowest BCUT2D eigenvalue weighted by atomic mass is 10.0. The van der Waals surface area contributed by atoms with Crippen molar-refractivity contribution in [3.8, 4) is 5.75 Å².